The zero-order valence-corrected chi connectivity index (χ0v) is 18.2. The smallest absolute Gasteiger partial charge is 0.338 e. The molecule has 0 bridgehead atoms. The summed E-state index contributed by atoms with van der Waals surface area (Å²) in [6.45, 7) is 4.10. The molecule has 3 rings (SSSR count). The molecule has 10 heteroatoms. The van der Waals surface area contributed by atoms with Gasteiger partial charge < -0.3 is 24.0 Å². The van der Waals surface area contributed by atoms with Crippen LogP contribution in [0.2, 0.25) is 0 Å². The zero-order chi connectivity index (χ0) is 21.8. The summed E-state index contributed by atoms with van der Waals surface area (Å²) in [5, 5.41) is 14.3. The van der Waals surface area contributed by atoms with E-state index in [2.05, 4.69) is 10.1 Å². The van der Waals surface area contributed by atoms with E-state index in [0.717, 1.165) is 6.42 Å². The van der Waals surface area contributed by atoms with E-state index in [1.165, 1.54) is 32.0 Å². The van der Waals surface area contributed by atoms with Crippen LogP contribution in [0.25, 0.3) is 0 Å². The number of phenolic OH excluding ortho intramolecular Hbond substituents is 1. The highest BCUT2D eigenvalue weighted by molar-refractivity contribution is 7.98. The van der Waals surface area contributed by atoms with Crippen molar-refractivity contribution >= 4 is 23.6 Å². The lowest BCUT2D eigenvalue weighted by Gasteiger charge is -2.24. The zero-order valence-electron chi connectivity index (χ0n) is 17.4. The molecule has 9 nitrogen and oxygen atoms in total. The first-order valence-corrected chi connectivity index (χ1v) is 10.7. The molecule has 0 aliphatic carbocycles. The number of carbonyl (C=O) groups excluding carboxylic acids is 2. The molecule has 1 atom stereocenters. The molecule has 0 saturated carbocycles. The molecule has 2 aromatic rings. The van der Waals surface area contributed by atoms with Crippen molar-refractivity contribution in [3.8, 4) is 11.5 Å². The van der Waals surface area contributed by atoms with Crippen LogP contribution in [0.4, 0.5) is 0 Å². The van der Waals surface area contributed by atoms with Gasteiger partial charge in [0.25, 0.3) is 0 Å². The van der Waals surface area contributed by atoms with E-state index in [0.29, 0.717) is 53.1 Å². The molecule has 1 saturated heterocycles. The molecular weight excluding hydrogens is 410 g/mol. The molecule has 1 aromatic carbocycles. The molecule has 1 unspecified atom stereocenters. The average Bonchev–Trinajstić information content (AvgIpc) is 3.35. The minimum absolute atomic E-state index is 0.0483. The van der Waals surface area contributed by atoms with Crippen LogP contribution in [0.5, 0.6) is 11.5 Å². The molecule has 1 aliphatic heterocycles. The molecule has 30 heavy (non-hydrogen) atoms. The van der Waals surface area contributed by atoms with Crippen LogP contribution in [0.15, 0.2) is 10.6 Å². The van der Waals surface area contributed by atoms with Gasteiger partial charge in [0.05, 0.1) is 19.8 Å². The highest BCUT2D eigenvalue weighted by Gasteiger charge is 2.33. The minimum Gasteiger partial charge on any atom is -0.507 e. The van der Waals surface area contributed by atoms with Crippen molar-refractivity contribution in [3.05, 3.63) is 34.5 Å². The van der Waals surface area contributed by atoms with Gasteiger partial charge in [-0.1, -0.05) is 5.16 Å². The lowest BCUT2D eigenvalue weighted by atomic mass is 10.0. The maximum absolute atomic E-state index is 12.4. The van der Waals surface area contributed by atoms with E-state index >= 15 is 0 Å². The Bertz CT molecular complexity index is 945. The highest BCUT2D eigenvalue weighted by Crippen LogP contribution is 2.37. The highest BCUT2D eigenvalue weighted by atomic mass is 32.2. The number of rotatable bonds is 8. The van der Waals surface area contributed by atoms with Gasteiger partial charge >= 0.3 is 5.97 Å². The maximum Gasteiger partial charge on any atom is 0.338 e. The summed E-state index contributed by atoms with van der Waals surface area (Å²) < 4.78 is 15.5. The third-order valence-corrected chi connectivity index (χ3v) is 6.11. The van der Waals surface area contributed by atoms with Gasteiger partial charge in [0.1, 0.15) is 17.5 Å². The Morgan fingerprint density at radius 3 is 2.73 bits per heavy atom. The first kappa shape index (κ1) is 21.9. The first-order chi connectivity index (χ1) is 14.4. The SMILES string of the molecule is COC(=O)c1c(C)c(OC)cc(O)c1CSCC(c1nc(C)no1)N1CCCC1=O. The number of aryl methyl sites for hydroxylation is 1. The van der Waals surface area contributed by atoms with Gasteiger partial charge in [-0.25, -0.2) is 4.79 Å². The summed E-state index contributed by atoms with van der Waals surface area (Å²) in [5.41, 5.74) is 1.33. The van der Waals surface area contributed by atoms with Crippen molar-refractivity contribution < 1.29 is 28.7 Å². The Labute approximate surface area is 178 Å². The normalized spacial score (nSPS) is 14.8. The van der Waals surface area contributed by atoms with Crippen LogP contribution in [-0.2, 0) is 15.3 Å². The maximum atomic E-state index is 12.4. The Balaban J connectivity index is 1.84. The van der Waals surface area contributed by atoms with Crippen LogP contribution in [0, 0.1) is 13.8 Å². The van der Waals surface area contributed by atoms with E-state index < -0.39 is 5.97 Å². The molecule has 0 radical (unpaired) electrons. The average molecular weight is 436 g/mol. The van der Waals surface area contributed by atoms with Crippen LogP contribution in [0.3, 0.4) is 0 Å². The summed E-state index contributed by atoms with van der Waals surface area (Å²) in [4.78, 5) is 30.7. The standard InChI is InChI=1S/C20H25N3O6S/c1-11-16(27-3)8-15(24)13(18(11)20(26)28-4)9-30-10-14(19-21-12(2)22-29-19)23-7-5-6-17(23)25/h8,14,24H,5-7,9-10H2,1-4H3. The third kappa shape index (κ3) is 4.38. The predicted molar refractivity (Wildman–Crippen MR) is 110 cm³/mol. The number of phenols is 1. The van der Waals surface area contributed by atoms with E-state index in [1.54, 1.807) is 18.7 Å². The Hall–Kier alpha value is -2.75. The lowest BCUT2D eigenvalue weighted by molar-refractivity contribution is -0.129. The number of methoxy groups -OCH3 is 2. The number of nitrogens with zero attached hydrogens (tertiary/aromatic N) is 3. The van der Waals surface area contributed by atoms with Gasteiger partial charge in [0.15, 0.2) is 5.82 Å². The molecule has 162 valence electrons. The number of thioether (sulfide) groups is 1. The summed E-state index contributed by atoms with van der Waals surface area (Å²) in [5.74, 6) is 1.55. The van der Waals surface area contributed by atoms with Gasteiger partial charge in [0.2, 0.25) is 11.8 Å². The van der Waals surface area contributed by atoms with Crippen molar-refractivity contribution in [3.63, 3.8) is 0 Å². The van der Waals surface area contributed by atoms with Gasteiger partial charge in [-0.3, -0.25) is 4.79 Å². The number of likely N-dealkylation sites (tertiary alicyclic amines) is 1. The monoisotopic (exact) mass is 435 g/mol. The summed E-state index contributed by atoms with van der Waals surface area (Å²) in [6, 6.07) is 1.12. The van der Waals surface area contributed by atoms with Crippen LogP contribution in [0.1, 0.15) is 52.1 Å². The number of hydrogen-bond acceptors (Lipinski definition) is 9. The van der Waals surface area contributed by atoms with Crippen molar-refractivity contribution in [2.75, 3.05) is 26.5 Å². The van der Waals surface area contributed by atoms with Gasteiger partial charge in [-0.15, -0.1) is 0 Å². The minimum atomic E-state index is -0.545. The molecule has 1 N–H and O–H groups in total. The van der Waals surface area contributed by atoms with Gasteiger partial charge in [-0.05, 0) is 20.3 Å². The molecular formula is C20H25N3O6S. The van der Waals surface area contributed by atoms with Crippen molar-refractivity contribution in [2.45, 2.75) is 38.5 Å². The van der Waals surface area contributed by atoms with Gasteiger partial charge in [-0.2, -0.15) is 16.7 Å². The first-order valence-electron chi connectivity index (χ1n) is 9.52. The van der Waals surface area contributed by atoms with E-state index in [4.69, 9.17) is 14.0 Å². The number of ether oxygens (including phenoxy) is 2. The second kappa shape index (κ2) is 9.38. The molecule has 1 aromatic heterocycles. The van der Waals surface area contributed by atoms with E-state index in [1.807, 2.05) is 0 Å². The predicted octanol–water partition coefficient (Wildman–Crippen LogP) is 2.78. The van der Waals surface area contributed by atoms with Crippen LogP contribution >= 0.6 is 11.8 Å². The fourth-order valence-electron chi connectivity index (χ4n) is 3.55. The number of aromatic nitrogens is 2. The number of carbonyl (C=O) groups is 2. The molecule has 1 fully saturated rings. The van der Waals surface area contributed by atoms with Gasteiger partial charge in [0, 0.05) is 41.7 Å². The van der Waals surface area contributed by atoms with Crippen molar-refractivity contribution in [1.29, 1.82) is 0 Å². The number of benzene rings is 1. The Kier molecular flexibility index (Phi) is 6.86. The summed E-state index contributed by atoms with van der Waals surface area (Å²) in [6.07, 6.45) is 1.29. The van der Waals surface area contributed by atoms with E-state index in [9.17, 15) is 14.7 Å². The Morgan fingerprint density at radius 1 is 1.40 bits per heavy atom. The second-order valence-corrected chi connectivity index (χ2v) is 8.00. The van der Waals surface area contributed by atoms with Crippen molar-refractivity contribution in [1.82, 2.24) is 15.0 Å². The van der Waals surface area contributed by atoms with E-state index in [-0.39, 0.29) is 23.3 Å². The van der Waals surface area contributed by atoms with Crippen LogP contribution in [-0.4, -0.2) is 58.5 Å². The third-order valence-electron chi connectivity index (χ3n) is 5.07. The summed E-state index contributed by atoms with van der Waals surface area (Å²) in [7, 11) is 2.77. The largest absolute Gasteiger partial charge is 0.507 e. The topological polar surface area (TPSA) is 115 Å². The fraction of sp³-hybridized carbons (Fsp3) is 0.500. The summed E-state index contributed by atoms with van der Waals surface area (Å²) >= 11 is 1.46. The molecule has 2 heterocycles. The molecule has 1 aliphatic rings. The number of amides is 1. The Morgan fingerprint density at radius 2 is 2.17 bits per heavy atom. The lowest BCUT2D eigenvalue weighted by Crippen LogP contribution is -2.31. The molecule has 1 amide bonds. The van der Waals surface area contributed by atoms with Crippen LogP contribution < -0.4 is 4.74 Å². The quantitative estimate of drug-likeness (QED) is 0.625. The number of esters is 1. The fourth-order valence-corrected chi connectivity index (χ4v) is 4.71. The number of hydrogen-bond donors (Lipinski definition) is 1. The van der Waals surface area contributed by atoms with Crippen molar-refractivity contribution in [2.24, 2.45) is 0 Å². The second-order valence-electron chi connectivity index (χ2n) is 6.97. The number of aromatic hydroxyl groups is 1. The molecule has 0 spiro atoms.